The van der Waals surface area contributed by atoms with Crippen molar-refractivity contribution >= 4 is 5.91 Å². The summed E-state index contributed by atoms with van der Waals surface area (Å²) in [6.07, 6.45) is 3.50. The number of hydrogen-bond donors (Lipinski definition) is 1. The van der Waals surface area contributed by atoms with Crippen molar-refractivity contribution < 1.29 is 9.32 Å². The van der Waals surface area contributed by atoms with Crippen molar-refractivity contribution in [3.8, 4) is 0 Å². The van der Waals surface area contributed by atoms with E-state index in [0.29, 0.717) is 24.2 Å². The van der Waals surface area contributed by atoms with E-state index in [-0.39, 0.29) is 11.9 Å². The molecule has 0 radical (unpaired) electrons. The van der Waals surface area contributed by atoms with Gasteiger partial charge in [0.2, 0.25) is 12.3 Å². The third-order valence-corrected chi connectivity index (χ3v) is 3.76. The van der Waals surface area contributed by atoms with Gasteiger partial charge in [-0.15, -0.1) is 0 Å². The summed E-state index contributed by atoms with van der Waals surface area (Å²) < 4.78 is 4.70. The molecule has 2 fully saturated rings. The van der Waals surface area contributed by atoms with Gasteiger partial charge in [0.25, 0.3) is 0 Å². The molecule has 17 heavy (non-hydrogen) atoms. The molecule has 92 valence electrons. The number of nitrogens with zero attached hydrogens (tertiary/aromatic N) is 3. The molecule has 3 atom stereocenters. The third-order valence-electron chi connectivity index (χ3n) is 3.76. The van der Waals surface area contributed by atoms with Gasteiger partial charge in [0, 0.05) is 6.54 Å². The quantitative estimate of drug-likeness (QED) is 0.801. The molecule has 3 rings (SSSR count). The summed E-state index contributed by atoms with van der Waals surface area (Å²) in [5, 5.41) is 6.87. The molecule has 2 aliphatic rings. The van der Waals surface area contributed by atoms with Gasteiger partial charge in [0.15, 0.2) is 5.82 Å². The summed E-state index contributed by atoms with van der Waals surface area (Å²) in [6, 6.07) is -0.0561. The number of hydrogen-bond acceptors (Lipinski definition) is 5. The lowest BCUT2D eigenvalue weighted by Gasteiger charge is -2.23. The summed E-state index contributed by atoms with van der Waals surface area (Å²) in [4.78, 5) is 18.1. The highest BCUT2D eigenvalue weighted by molar-refractivity contribution is 5.82. The van der Waals surface area contributed by atoms with Crippen LogP contribution in [0.2, 0.25) is 0 Å². The first-order valence-corrected chi connectivity index (χ1v) is 5.99. The number of amides is 1. The molecule has 1 aliphatic heterocycles. The number of nitrogens with one attached hydrogen (secondary N) is 1. The Kier molecular flexibility index (Phi) is 2.58. The molecule has 1 amide bonds. The minimum absolute atomic E-state index is 0.0561. The maximum absolute atomic E-state index is 12.2. The second-order valence-electron chi connectivity index (χ2n) is 4.90. The second-order valence-corrected chi connectivity index (χ2v) is 4.90. The van der Waals surface area contributed by atoms with E-state index in [1.165, 1.54) is 12.8 Å². The number of fused-ring (bicyclic) bond motifs is 1. The van der Waals surface area contributed by atoms with Gasteiger partial charge in [-0.1, -0.05) is 5.16 Å². The first kappa shape index (κ1) is 10.7. The van der Waals surface area contributed by atoms with Gasteiger partial charge in [0.1, 0.15) is 0 Å². The smallest absolute Gasteiger partial charge is 0.240 e. The zero-order valence-corrected chi connectivity index (χ0v) is 9.80. The predicted octanol–water partition coefficient (Wildman–Crippen LogP) is 0.0260. The molecule has 1 N–H and O–H groups in total. The number of likely N-dealkylation sites (tertiary alicyclic amines) is 1. The average molecular weight is 236 g/mol. The number of carbonyl (C=O) groups is 1. The van der Waals surface area contributed by atoms with E-state index in [0.717, 1.165) is 13.0 Å². The maximum Gasteiger partial charge on any atom is 0.240 e. The van der Waals surface area contributed by atoms with Crippen LogP contribution in [0.1, 0.15) is 18.7 Å². The van der Waals surface area contributed by atoms with Crippen LogP contribution in [0, 0.1) is 11.8 Å². The Hall–Kier alpha value is -1.43. The van der Waals surface area contributed by atoms with Crippen LogP contribution < -0.4 is 5.32 Å². The van der Waals surface area contributed by atoms with Crippen molar-refractivity contribution in [1.29, 1.82) is 0 Å². The van der Waals surface area contributed by atoms with Crippen LogP contribution in [-0.2, 0) is 11.3 Å². The Balaban J connectivity index is 1.74. The van der Waals surface area contributed by atoms with Crippen LogP contribution in [0.3, 0.4) is 0 Å². The molecule has 1 aromatic heterocycles. The van der Waals surface area contributed by atoms with E-state index in [4.69, 9.17) is 4.52 Å². The summed E-state index contributed by atoms with van der Waals surface area (Å²) in [5.74, 6) is 2.12. The highest BCUT2D eigenvalue weighted by Gasteiger charge is 2.45. The molecule has 0 spiro atoms. The van der Waals surface area contributed by atoms with Gasteiger partial charge in [0.05, 0.1) is 12.6 Å². The number of rotatable bonds is 3. The first-order valence-electron chi connectivity index (χ1n) is 5.99. The molecule has 1 saturated carbocycles. The monoisotopic (exact) mass is 236 g/mol. The summed E-state index contributed by atoms with van der Waals surface area (Å²) >= 11 is 0. The van der Waals surface area contributed by atoms with Crippen molar-refractivity contribution in [3.05, 3.63) is 12.2 Å². The van der Waals surface area contributed by atoms with Gasteiger partial charge < -0.3 is 14.7 Å². The van der Waals surface area contributed by atoms with E-state index in [1.807, 2.05) is 11.9 Å². The van der Waals surface area contributed by atoms with Crippen LogP contribution >= 0.6 is 0 Å². The van der Waals surface area contributed by atoms with Crippen molar-refractivity contribution in [2.45, 2.75) is 25.4 Å². The molecular formula is C11H16N4O2. The fraction of sp³-hybridized carbons (Fsp3) is 0.727. The van der Waals surface area contributed by atoms with Gasteiger partial charge >= 0.3 is 0 Å². The van der Waals surface area contributed by atoms with Gasteiger partial charge in [-0.3, -0.25) is 4.79 Å². The maximum atomic E-state index is 12.2. The number of carbonyl (C=O) groups excluding carboxylic acids is 1. The molecule has 1 saturated heterocycles. The van der Waals surface area contributed by atoms with Crippen LogP contribution in [0.5, 0.6) is 0 Å². The van der Waals surface area contributed by atoms with E-state index >= 15 is 0 Å². The zero-order chi connectivity index (χ0) is 11.8. The molecule has 0 bridgehead atoms. The normalized spacial score (nSPS) is 32.2. The summed E-state index contributed by atoms with van der Waals surface area (Å²) in [6.45, 7) is 1.28. The van der Waals surface area contributed by atoms with Crippen LogP contribution in [0.15, 0.2) is 10.9 Å². The minimum atomic E-state index is -0.0561. The van der Waals surface area contributed by atoms with Crippen LogP contribution in [0.4, 0.5) is 0 Å². The summed E-state index contributed by atoms with van der Waals surface area (Å²) in [5.41, 5.74) is 0. The molecule has 6 heteroatoms. The highest BCUT2D eigenvalue weighted by Crippen LogP contribution is 2.44. The third kappa shape index (κ3) is 2.04. The Morgan fingerprint density at radius 3 is 3.12 bits per heavy atom. The van der Waals surface area contributed by atoms with Gasteiger partial charge in [-0.25, -0.2) is 0 Å². The van der Waals surface area contributed by atoms with Gasteiger partial charge in [-0.2, -0.15) is 4.98 Å². The predicted molar refractivity (Wildman–Crippen MR) is 58.8 cm³/mol. The zero-order valence-electron chi connectivity index (χ0n) is 9.80. The standard InChI is InChI=1S/C11H16N4O2/c1-12-9-3-7-2-8(7)4-15(11(9)16)5-10-13-6-17-14-10/h6-9,12H,2-5H2,1H3. The average Bonchev–Trinajstić information content (AvgIpc) is 2.86. The molecule has 6 nitrogen and oxygen atoms in total. The largest absolute Gasteiger partial charge is 0.343 e. The SMILES string of the molecule is CNC1CC2CC2CN(Cc2ncon2)C1=O. The highest BCUT2D eigenvalue weighted by atomic mass is 16.5. The minimum Gasteiger partial charge on any atom is -0.343 e. The lowest BCUT2D eigenvalue weighted by molar-refractivity contribution is -0.133. The van der Waals surface area contributed by atoms with Crippen LogP contribution in [0.25, 0.3) is 0 Å². The van der Waals surface area contributed by atoms with Crippen molar-refractivity contribution in [2.24, 2.45) is 11.8 Å². The van der Waals surface area contributed by atoms with E-state index in [2.05, 4.69) is 15.5 Å². The topological polar surface area (TPSA) is 71.3 Å². The fourth-order valence-corrected chi connectivity index (χ4v) is 2.64. The molecule has 2 heterocycles. The van der Waals surface area contributed by atoms with E-state index < -0.39 is 0 Å². The molecule has 3 unspecified atom stereocenters. The second kappa shape index (κ2) is 4.10. The Morgan fingerprint density at radius 1 is 1.53 bits per heavy atom. The number of aromatic nitrogens is 2. The molecule has 0 aromatic carbocycles. The van der Waals surface area contributed by atoms with Crippen molar-refractivity contribution in [1.82, 2.24) is 20.4 Å². The van der Waals surface area contributed by atoms with E-state index in [1.54, 1.807) is 0 Å². The summed E-state index contributed by atoms with van der Waals surface area (Å²) in [7, 11) is 1.85. The Bertz CT molecular complexity index is 406. The lowest BCUT2D eigenvalue weighted by Crippen LogP contribution is -2.44. The molecule has 1 aliphatic carbocycles. The van der Waals surface area contributed by atoms with E-state index in [9.17, 15) is 4.79 Å². The van der Waals surface area contributed by atoms with Crippen molar-refractivity contribution in [3.63, 3.8) is 0 Å². The Labute approximate surface area is 99.4 Å². The number of likely N-dealkylation sites (N-methyl/N-ethyl adjacent to an activating group) is 1. The van der Waals surface area contributed by atoms with Crippen molar-refractivity contribution in [2.75, 3.05) is 13.6 Å². The first-order chi connectivity index (χ1) is 8.28. The Morgan fingerprint density at radius 2 is 2.41 bits per heavy atom. The fourth-order valence-electron chi connectivity index (χ4n) is 2.64. The lowest BCUT2D eigenvalue weighted by atomic mass is 10.1. The van der Waals surface area contributed by atoms with Gasteiger partial charge in [-0.05, 0) is 31.7 Å². The van der Waals surface area contributed by atoms with Crippen LogP contribution in [-0.4, -0.2) is 40.6 Å². The molecule has 1 aromatic rings. The molecular weight excluding hydrogens is 220 g/mol.